The Morgan fingerprint density at radius 2 is 2.00 bits per heavy atom. The molecule has 150 valence electrons. The maximum atomic E-state index is 14.2. The van der Waals surface area contributed by atoms with Crippen LogP contribution in [0.5, 0.6) is 0 Å². The summed E-state index contributed by atoms with van der Waals surface area (Å²) in [5.74, 6) is -4.16. The number of methoxy groups -OCH3 is 1. The van der Waals surface area contributed by atoms with E-state index in [2.05, 4.69) is 20.7 Å². The molecule has 2 heterocycles. The van der Waals surface area contributed by atoms with E-state index in [-0.39, 0.29) is 24.5 Å². The summed E-state index contributed by atoms with van der Waals surface area (Å²) in [6.07, 6.45) is -0.571. The maximum Gasteiger partial charge on any atom is 0.277 e. The van der Waals surface area contributed by atoms with Crippen molar-refractivity contribution >= 4 is 11.8 Å². The van der Waals surface area contributed by atoms with Crippen molar-refractivity contribution in [2.45, 2.75) is 31.4 Å². The highest BCUT2D eigenvalue weighted by molar-refractivity contribution is 5.95. The first kappa shape index (κ1) is 19.9. The first-order valence-electron chi connectivity index (χ1n) is 8.67. The summed E-state index contributed by atoms with van der Waals surface area (Å²) in [7, 11) is 1.43. The van der Waals surface area contributed by atoms with Gasteiger partial charge in [0.2, 0.25) is 0 Å². The zero-order chi connectivity index (χ0) is 20.4. The highest BCUT2D eigenvalue weighted by Gasteiger charge is 2.54. The molecule has 2 amide bonds. The third-order valence-corrected chi connectivity index (χ3v) is 4.70. The number of alkyl halides is 2. The molecule has 1 aromatic carbocycles. The quantitative estimate of drug-likeness (QED) is 0.777. The first-order valence-corrected chi connectivity index (χ1v) is 8.67. The Kier molecular flexibility index (Phi) is 5.41. The molecule has 1 unspecified atom stereocenters. The SMILES string of the molecule is COCc1n[nH]nc1C(=O)N1CC(F)(F)CC1(C)CNC(=O)c1ccccc1. The van der Waals surface area contributed by atoms with Gasteiger partial charge in [-0.15, -0.1) is 0 Å². The van der Waals surface area contributed by atoms with Gasteiger partial charge in [-0.1, -0.05) is 18.2 Å². The van der Waals surface area contributed by atoms with Crippen LogP contribution in [-0.4, -0.2) is 63.8 Å². The van der Waals surface area contributed by atoms with Gasteiger partial charge in [0, 0.05) is 25.6 Å². The van der Waals surface area contributed by atoms with Gasteiger partial charge in [0.1, 0.15) is 5.69 Å². The number of halogens is 2. The number of aromatic amines is 1. The van der Waals surface area contributed by atoms with Crippen LogP contribution in [0.25, 0.3) is 0 Å². The van der Waals surface area contributed by atoms with E-state index in [0.29, 0.717) is 5.56 Å². The third kappa shape index (κ3) is 4.01. The normalized spacial score (nSPS) is 20.9. The second-order valence-electron chi connectivity index (χ2n) is 7.02. The van der Waals surface area contributed by atoms with Gasteiger partial charge in [-0.25, -0.2) is 8.78 Å². The second-order valence-corrected chi connectivity index (χ2v) is 7.02. The molecule has 8 nitrogen and oxygen atoms in total. The van der Waals surface area contributed by atoms with E-state index >= 15 is 0 Å². The highest BCUT2D eigenvalue weighted by Crippen LogP contribution is 2.40. The molecule has 1 aromatic heterocycles. The topological polar surface area (TPSA) is 100 Å². The van der Waals surface area contributed by atoms with Crippen LogP contribution < -0.4 is 5.32 Å². The number of hydrogen-bond acceptors (Lipinski definition) is 5. The number of carbonyl (C=O) groups excluding carboxylic acids is 2. The van der Waals surface area contributed by atoms with E-state index < -0.39 is 36.2 Å². The minimum atomic E-state index is -3.08. The first-order chi connectivity index (χ1) is 13.3. The average molecular weight is 393 g/mol. The molecule has 1 saturated heterocycles. The standard InChI is InChI=1S/C18H21F2N5O3/c1-17(10-21-15(26)12-6-4-3-5-7-12)9-18(19,20)11-25(17)16(27)14-13(8-28-2)22-24-23-14/h3-7H,8-11H2,1-2H3,(H,21,26)(H,22,23,24). The molecule has 2 aromatic rings. The molecule has 10 heteroatoms. The molecule has 1 aliphatic heterocycles. The monoisotopic (exact) mass is 393 g/mol. The Labute approximate surface area is 160 Å². The minimum Gasteiger partial charge on any atom is -0.378 e. The van der Waals surface area contributed by atoms with Crippen LogP contribution in [0.2, 0.25) is 0 Å². The maximum absolute atomic E-state index is 14.2. The average Bonchev–Trinajstić information content (AvgIpc) is 3.22. The largest absolute Gasteiger partial charge is 0.378 e. The zero-order valence-corrected chi connectivity index (χ0v) is 15.5. The summed E-state index contributed by atoms with van der Waals surface area (Å²) in [5.41, 5.74) is -0.708. The van der Waals surface area contributed by atoms with Crippen LogP contribution in [0.3, 0.4) is 0 Å². The van der Waals surface area contributed by atoms with Crippen LogP contribution in [0, 0.1) is 0 Å². The predicted molar refractivity (Wildman–Crippen MR) is 94.9 cm³/mol. The number of benzene rings is 1. The van der Waals surface area contributed by atoms with Crippen molar-refractivity contribution in [1.82, 2.24) is 25.6 Å². The molecular formula is C18H21F2N5O3. The summed E-state index contributed by atoms with van der Waals surface area (Å²) < 4.78 is 33.4. The minimum absolute atomic E-state index is 0.0171. The van der Waals surface area contributed by atoms with Crippen LogP contribution in [0.15, 0.2) is 30.3 Å². The van der Waals surface area contributed by atoms with Crippen molar-refractivity contribution in [3.63, 3.8) is 0 Å². The predicted octanol–water partition coefficient (Wildman–Crippen LogP) is 1.62. The molecule has 1 fully saturated rings. The van der Waals surface area contributed by atoms with Crippen molar-refractivity contribution in [2.75, 3.05) is 20.2 Å². The molecule has 0 saturated carbocycles. The summed E-state index contributed by atoms with van der Waals surface area (Å²) >= 11 is 0. The van der Waals surface area contributed by atoms with Gasteiger partial charge in [-0.3, -0.25) is 9.59 Å². The Hall–Kier alpha value is -2.88. The van der Waals surface area contributed by atoms with Gasteiger partial charge in [0.05, 0.1) is 18.7 Å². The molecular weight excluding hydrogens is 372 g/mol. The molecule has 0 radical (unpaired) electrons. The zero-order valence-electron chi connectivity index (χ0n) is 15.5. The van der Waals surface area contributed by atoms with Gasteiger partial charge in [0.15, 0.2) is 5.69 Å². The number of carbonyl (C=O) groups is 2. The summed E-state index contributed by atoms with van der Waals surface area (Å²) in [4.78, 5) is 26.3. The number of nitrogens with zero attached hydrogens (tertiary/aromatic N) is 3. The van der Waals surface area contributed by atoms with E-state index in [1.54, 1.807) is 30.3 Å². The van der Waals surface area contributed by atoms with Crippen molar-refractivity contribution in [2.24, 2.45) is 0 Å². The molecule has 0 aliphatic carbocycles. The Bertz CT molecular complexity index is 858. The smallest absolute Gasteiger partial charge is 0.277 e. The fourth-order valence-corrected chi connectivity index (χ4v) is 3.36. The Morgan fingerprint density at radius 3 is 2.68 bits per heavy atom. The van der Waals surface area contributed by atoms with Gasteiger partial charge < -0.3 is 15.0 Å². The van der Waals surface area contributed by atoms with Crippen molar-refractivity contribution in [3.05, 3.63) is 47.3 Å². The lowest BCUT2D eigenvalue weighted by Gasteiger charge is -2.34. The summed E-state index contributed by atoms with van der Waals surface area (Å²) in [6, 6.07) is 8.42. The number of H-pyrrole nitrogens is 1. The fourth-order valence-electron chi connectivity index (χ4n) is 3.36. The number of hydrogen-bond donors (Lipinski definition) is 2. The van der Waals surface area contributed by atoms with Crippen molar-refractivity contribution in [3.8, 4) is 0 Å². The van der Waals surface area contributed by atoms with Gasteiger partial charge in [-0.05, 0) is 19.1 Å². The lowest BCUT2D eigenvalue weighted by Crippen LogP contribution is -2.52. The number of ether oxygens (including phenoxy) is 1. The number of aromatic nitrogens is 3. The molecule has 2 N–H and O–H groups in total. The summed E-state index contributed by atoms with van der Waals surface area (Å²) in [5, 5.41) is 12.6. The van der Waals surface area contributed by atoms with Crippen LogP contribution in [0.4, 0.5) is 8.78 Å². The van der Waals surface area contributed by atoms with Crippen LogP contribution in [-0.2, 0) is 11.3 Å². The molecule has 28 heavy (non-hydrogen) atoms. The lowest BCUT2D eigenvalue weighted by molar-refractivity contribution is 0.0111. The summed E-state index contributed by atoms with van der Waals surface area (Å²) in [6.45, 7) is 0.652. The van der Waals surface area contributed by atoms with E-state index in [1.807, 2.05) is 0 Å². The number of amides is 2. The van der Waals surface area contributed by atoms with E-state index in [1.165, 1.54) is 14.0 Å². The van der Waals surface area contributed by atoms with Crippen LogP contribution in [0.1, 0.15) is 39.9 Å². The van der Waals surface area contributed by atoms with E-state index in [9.17, 15) is 18.4 Å². The van der Waals surface area contributed by atoms with Crippen molar-refractivity contribution < 1.29 is 23.1 Å². The highest BCUT2D eigenvalue weighted by atomic mass is 19.3. The second kappa shape index (κ2) is 7.63. The molecule has 0 bridgehead atoms. The molecule has 1 atom stereocenters. The van der Waals surface area contributed by atoms with Crippen molar-refractivity contribution in [1.29, 1.82) is 0 Å². The number of likely N-dealkylation sites (tertiary alicyclic amines) is 1. The van der Waals surface area contributed by atoms with Gasteiger partial charge in [-0.2, -0.15) is 15.4 Å². The van der Waals surface area contributed by atoms with Gasteiger partial charge in [0.25, 0.3) is 17.7 Å². The number of rotatable bonds is 6. The Balaban J connectivity index is 1.80. The molecule has 1 aliphatic rings. The Morgan fingerprint density at radius 1 is 1.29 bits per heavy atom. The van der Waals surface area contributed by atoms with E-state index in [0.717, 1.165) is 4.90 Å². The van der Waals surface area contributed by atoms with Gasteiger partial charge >= 0.3 is 0 Å². The molecule has 0 spiro atoms. The van der Waals surface area contributed by atoms with Crippen LogP contribution >= 0.6 is 0 Å². The number of nitrogens with one attached hydrogen (secondary N) is 2. The lowest BCUT2D eigenvalue weighted by atomic mass is 9.97. The fraction of sp³-hybridized carbons (Fsp3) is 0.444. The molecule has 3 rings (SSSR count). The van der Waals surface area contributed by atoms with E-state index in [4.69, 9.17) is 4.74 Å². The third-order valence-electron chi connectivity index (χ3n) is 4.70.